The molecule has 0 bridgehead atoms. The summed E-state index contributed by atoms with van der Waals surface area (Å²) in [4.78, 5) is 10.5. The summed E-state index contributed by atoms with van der Waals surface area (Å²) in [6.45, 7) is 1.90. The first kappa shape index (κ1) is 9.32. The van der Waals surface area contributed by atoms with Crippen molar-refractivity contribution >= 4 is 17.7 Å². The van der Waals surface area contributed by atoms with E-state index in [1.54, 1.807) is 6.08 Å². The van der Waals surface area contributed by atoms with Crippen LogP contribution in [-0.4, -0.2) is 5.91 Å². The molecule has 1 aromatic carbocycles. The number of anilines is 1. The van der Waals surface area contributed by atoms with Gasteiger partial charge in [-0.25, -0.2) is 0 Å². The maximum atomic E-state index is 10.5. The first-order valence-electron chi connectivity index (χ1n) is 3.94. The minimum Gasteiger partial charge on any atom is -0.398 e. The van der Waals surface area contributed by atoms with Crippen LogP contribution in [-0.2, 0) is 4.79 Å². The van der Waals surface area contributed by atoms with E-state index >= 15 is 0 Å². The molecule has 0 atom stereocenters. The largest absolute Gasteiger partial charge is 0.398 e. The Hall–Kier alpha value is -1.77. The molecule has 0 fully saturated rings. The van der Waals surface area contributed by atoms with Crippen LogP contribution in [0, 0.1) is 6.92 Å². The van der Waals surface area contributed by atoms with Gasteiger partial charge >= 0.3 is 0 Å². The summed E-state index contributed by atoms with van der Waals surface area (Å²) >= 11 is 0. The van der Waals surface area contributed by atoms with Crippen molar-refractivity contribution in [3.05, 3.63) is 35.4 Å². The molecule has 68 valence electrons. The minimum absolute atomic E-state index is 0.457. The van der Waals surface area contributed by atoms with Gasteiger partial charge in [0.2, 0.25) is 5.91 Å². The van der Waals surface area contributed by atoms with Crippen molar-refractivity contribution in [2.75, 3.05) is 5.73 Å². The van der Waals surface area contributed by atoms with E-state index in [1.165, 1.54) is 6.08 Å². The van der Waals surface area contributed by atoms with Gasteiger partial charge in [-0.15, -0.1) is 0 Å². The Kier molecular flexibility index (Phi) is 2.69. The Morgan fingerprint density at radius 2 is 2.15 bits per heavy atom. The Labute approximate surface area is 77.0 Å². The van der Waals surface area contributed by atoms with Gasteiger partial charge in [0.25, 0.3) is 0 Å². The second-order valence-corrected chi connectivity index (χ2v) is 2.80. The Morgan fingerprint density at radius 3 is 2.77 bits per heavy atom. The average Bonchev–Trinajstić information content (AvgIpc) is 2.07. The summed E-state index contributed by atoms with van der Waals surface area (Å²) in [6.07, 6.45) is 2.98. The van der Waals surface area contributed by atoms with E-state index in [0.717, 1.165) is 11.1 Å². The molecule has 0 unspecified atom stereocenters. The molecule has 0 aromatic heterocycles. The first-order chi connectivity index (χ1) is 6.11. The first-order valence-corrected chi connectivity index (χ1v) is 3.94. The lowest BCUT2D eigenvalue weighted by Gasteiger charge is -2.02. The van der Waals surface area contributed by atoms with Gasteiger partial charge in [-0.1, -0.05) is 12.1 Å². The third-order valence-electron chi connectivity index (χ3n) is 1.84. The van der Waals surface area contributed by atoms with E-state index in [4.69, 9.17) is 11.5 Å². The monoisotopic (exact) mass is 176 g/mol. The molecule has 0 spiro atoms. The van der Waals surface area contributed by atoms with Crippen LogP contribution in [0.2, 0.25) is 0 Å². The van der Waals surface area contributed by atoms with Crippen molar-refractivity contribution < 1.29 is 4.79 Å². The molecule has 0 saturated heterocycles. The number of amides is 1. The number of nitrogen functional groups attached to an aromatic ring is 1. The number of carbonyl (C=O) groups excluding carboxylic acids is 1. The molecular weight excluding hydrogens is 164 g/mol. The number of rotatable bonds is 2. The molecule has 0 radical (unpaired) electrons. The fourth-order valence-electron chi connectivity index (χ4n) is 1.02. The number of hydrogen-bond acceptors (Lipinski definition) is 2. The van der Waals surface area contributed by atoms with Gasteiger partial charge in [0, 0.05) is 11.8 Å². The zero-order valence-corrected chi connectivity index (χ0v) is 7.45. The molecule has 13 heavy (non-hydrogen) atoms. The highest BCUT2D eigenvalue weighted by Crippen LogP contribution is 2.16. The molecule has 1 amide bonds. The Balaban J connectivity index is 3.02. The van der Waals surface area contributed by atoms with Crippen molar-refractivity contribution in [1.29, 1.82) is 0 Å². The molecule has 3 nitrogen and oxygen atoms in total. The topological polar surface area (TPSA) is 69.1 Å². The molecular formula is C10H12N2O. The highest BCUT2D eigenvalue weighted by atomic mass is 16.1. The highest BCUT2D eigenvalue weighted by Gasteiger charge is 1.96. The quantitative estimate of drug-likeness (QED) is 0.523. The normalized spacial score (nSPS) is 10.5. The zero-order valence-electron chi connectivity index (χ0n) is 7.45. The van der Waals surface area contributed by atoms with Crippen LogP contribution in [0.3, 0.4) is 0 Å². The number of nitrogens with two attached hydrogens (primary N) is 2. The van der Waals surface area contributed by atoms with Crippen molar-refractivity contribution in [1.82, 2.24) is 0 Å². The van der Waals surface area contributed by atoms with Gasteiger partial charge < -0.3 is 11.5 Å². The van der Waals surface area contributed by atoms with E-state index in [2.05, 4.69) is 0 Å². The van der Waals surface area contributed by atoms with Gasteiger partial charge in [0.1, 0.15) is 0 Å². The number of benzene rings is 1. The summed E-state index contributed by atoms with van der Waals surface area (Å²) in [5, 5.41) is 0. The van der Waals surface area contributed by atoms with Gasteiger partial charge in [-0.3, -0.25) is 4.79 Å². The smallest absolute Gasteiger partial charge is 0.241 e. The summed E-state index contributed by atoms with van der Waals surface area (Å²) in [5.41, 5.74) is 13.2. The van der Waals surface area contributed by atoms with Crippen molar-refractivity contribution in [2.45, 2.75) is 6.92 Å². The molecule has 0 saturated carbocycles. The van der Waals surface area contributed by atoms with Gasteiger partial charge in [0.05, 0.1) is 0 Å². The summed E-state index contributed by atoms with van der Waals surface area (Å²) in [6, 6.07) is 5.53. The zero-order chi connectivity index (χ0) is 9.84. The van der Waals surface area contributed by atoms with Crippen LogP contribution in [0.15, 0.2) is 24.3 Å². The third-order valence-corrected chi connectivity index (χ3v) is 1.84. The van der Waals surface area contributed by atoms with Crippen LogP contribution < -0.4 is 11.5 Å². The Bertz CT molecular complexity index is 356. The van der Waals surface area contributed by atoms with Gasteiger partial charge in [-0.05, 0) is 30.2 Å². The minimum atomic E-state index is -0.457. The maximum Gasteiger partial charge on any atom is 0.241 e. The Morgan fingerprint density at radius 1 is 1.46 bits per heavy atom. The van der Waals surface area contributed by atoms with Crippen LogP contribution in [0.4, 0.5) is 5.69 Å². The number of carbonyl (C=O) groups is 1. The van der Waals surface area contributed by atoms with E-state index in [1.807, 2.05) is 25.1 Å². The maximum absolute atomic E-state index is 10.5. The molecule has 0 aliphatic rings. The lowest BCUT2D eigenvalue weighted by atomic mass is 10.1. The van der Waals surface area contributed by atoms with E-state index in [0.29, 0.717) is 5.69 Å². The molecule has 0 aliphatic heterocycles. The third kappa shape index (κ3) is 2.33. The summed E-state index contributed by atoms with van der Waals surface area (Å²) in [5.74, 6) is -0.457. The summed E-state index contributed by atoms with van der Waals surface area (Å²) < 4.78 is 0. The van der Waals surface area contributed by atoms with Crippen LogP contribution in [0.1, 0.15) is 11.1 Å². The molecule has 0 aliphatic carbocycles. The highest BCUT2D eigenvalue weighted by molar-refractivity contribution is 5.90. The second-order valence-electron chi connectivity index (χ2n) is 2.80. The summed E-state index contributed by atoms with van der Waals surface area (Å²) in [7, 11) is 0. The van der Waals surface area contributed by atoms with E-state index in [-0.39, 0.29) is 0 Å². The molecule has 4 N–H and O–H groups in total. The van der Waals surface area contributed by atoms with Crippen LogP contribution in [0.5, 0.6) is 0 Å². The predicted molar refractivity (Wildman–Crippen MR) is 53.8 cm³/mol. The van der Waals surface area contributed by atoms with Gasteiger partial charge in [-0.2, -0.15) is 0 Å². The van der Waals surface area contributed by atoms with E-state index < -0.39 is 5.91 Å². The standard InChI is InChI=1S/C10H12N2O/c1-7-8(5-6-10(12)13)3-2-4-9(7)11/h2-6H,11H2,1H3,(H2,12,13). The van der Waals surface area contributed by atoms with Crippen LogP contribution >= 0.6 is 0 Å². The second kappa shape index (κ2) is 3.76. The molecule has 1 aromatic rings. The molecule has 1 rings (SSSR count). The molecule has 0 heterocycles. The molecule has 3 heteroatoms. The van der Waals surface area contributed by atoms with E-state index in [9.17, 15) is 4.79 Å². The lowest BCUT2D eigenvalue weighted by molar-refractivity contribution is -0.113. The van der Waals surface area contributed by atoms with Gasteiger partial charge in [0.15, 0.2) is 0 Å². The van der Waals surface area contributed by atoms with Crippen molar-refractivity contribution in [3.8, 4) is 0 Å². The van der Waals surface area contributed by atoms with Crippen molar-refractivity contribution in [3.63, 3.8) is 0 Å². The lowest BCUT2D eigenvalue weighted by Crippen LogP contribution is -2.05. The average molecular weight is 176 g/mol. The predicted octanol–water partition coefficient (Wildman–Crippen LogP) is 1.08. The SMILES string of the molecule is Cc1c(N)cccc1C=CC(N)=O. The number of hydrogen-bond donors (Lipinski definition) is 2. The van der Waals surface area contributed by atoms with Crippen molar-refractivity contribution in [2.24, 2.45) is 5.73 Å². The van der Waals surface area contributed by atoms with Crippen LogP contribution in [0.25, 0.3) is 6.08 Å². The fraction of sp³-hybridized carbons (Fsp3) is 0.100. The number of primary amides is 1. The fourth-order valence-corrected chi connectivity index (χ4v) is 1.02.